The fourth-order valence-corrected chi connectivity index (χ4v) is 4.45. The molecule has 2 aliphatic rings. The number of carbonyl (C=O) groups excluding carboxylic acids is 1. The number of ether oxygens (including phenoxy) is 2. The Balaban J connectivity index is 1.62. The molecule has 2 fully saturated rings. The van der Waals surface area contributed by atoms with Crippen molar-refractivity contribution in [1.82, 2.24) is 5.32 Å². The maximum atomic E-state index is 12.9. The van der Waals surface area contributed by atoms with Gasteiger partial charge in [0.15, 0.2) is 5.79 Å². The number of Topliss-reactive ketones (excluding diaryl/α,β-unsaturated/α-hetero) is 1. The van der Waals surface area contributed by atoms with E-state index < -0.39 is 29.6 Å². The van der Waals surface area contributed by atoms with E-state index in [2.05, 4.69) is 5.32 Å². The number of rotatable bonds is 7. The van der Waals surface area contributed by atoms with Crippen LogP contribution < -0.4 is 5.32 Å². The molecule has 1 aromatic carbocycles. The summed E-state index contributed by atoms with van der Waals surface area (Å²) in [5, 5.41) is 4.02. The highest BCUT2D eigenvalue weighted by molar-refractivity contribution is 6.30. The SMILES string of the molecule is C[C@H](NCCC1(CC(=O)C(F)(F)F)CCC2(CC1)OCCO2)c1ccc(Cl)cc1. The van der Waals surface area contributed by atoms with Crippen LogP contribution in [0.1, 0.15) is 57.1 Å². The number of hydrogen-bond donors (Lipinski definition) is 1. The Morgan fingerprint density at radius 2 is 1.72 bits per heavy atom. The minimum Gasteiger partial charge on any atom is -0.348 e. The average Bonchev–Trinajstić information content (AvgIpc) is 3.13. The number of halogens is 4. The molecule has 0 unspecified atom stereocenters. The fraction of sp³-hybridized carbons (Fsp3) is 0.667. The summed E-state index contributed by atoms with van der Waals surface area (Å²) < 4.78 is 50.2. The fourth-order valence-electron chi connectivity index (χ4n) is 4.33. The second kappa shape index (κ2) is 8.92. The van der Waals surface area contributed by atoms with Gasteiger partial charge in [0.2, 0.25) is 5.78 Å². The maximum Gasteiger partial charge on any atom is 0.449 e. The van der Waals surface area contributed by atoms with Gasteiger partial charge in [0.1, 0.15) is 0 Å². The molecule has 1 atom stereocenters. The van der Waals surface area contributed by atoms with Gasteiger partial charge in [-0.25, -0.2) is 0 Å². The molecule has 1 aliphatic heterocycles. The van der Waals surface area contributed by atoms with E-state index >= 15 is 0 Å². The molecule has 0 amide bonds. The van der Waals surface area contributed by atoms with Crippen molar-refractivity contribution in [3.8, 4) is 0 Å². The second-order valence-electron chi connectivity index (χ2n) is 8.18. The molecule has 1 saturated heterocycles. The number of hydrogen-bond acceptors (Lipinski definition) is 4. The van der Waals surface area contributed by atoms with Gasteiger partial charge >= 0.3 is 6.18 Å². The third kappa shape index (κ3) is 5.72. The molecule has 0 aromatic heterocycles. The molecule has 8 heteroatoms. The van der Waals surface area contributed by atoms with E-state index in [4.69, 9.17) is 21.1 Å². The van der Waals surface area contributed by atoms with Gasteiger partial charge in [-0.3, -0.25) is 4.79 Å². The van der Waals surface area contributed by atoms with Crippen LogP contribution in [0.5, 0.6) is 0 Å². The Morgan fingerprint density at radius 1 is 1.14 bits per heavy atom. The molecular weight excluding hydrogens is 407 g/mol. The molecule has 1 heterocycles. The van der Waals surface area contributed by atoms with Crippen LogP contribution in [0.4, 0.5) is 13.2 Å². The topological polar surface area (TPSA) is 47.6 Å². The summed E-state index contributed by atoms with van der Waals surface area (Å²) in [5.74, 6) is -2.32. The number of alkyl halides is 3. The zero-order valence-electron chi connectivity index (χ0n) is 16.5. The van der Waals surface area contributed by atoms with Crippen LogP contribution in [0, 0.1) is 5.41 Å². The highest BCUT2D eigenvalue weighted by Gasteiger charge is 2.50. The summed E-state index contributed by atoms with van der Waals surface area (Å²) in [6.45, 7) is 3.53. The first kappa shape index (κ1) is 22.5. The monoisotopic (exact) mass is 433 g/mol. The summed E-state index contributed by atoms with van der Waals surface area (Å²) in [4.78, 5) is 11.8. The summed E-state index contributed by atoms with van der Waals surface area (Å²) in [7, 11) is 0. The largest absolute Gasteiger partial charge is 0.449 e. The first-order valence-electron chi connectivity index (χ1n) is 10.0. The van der Waals surface area contributed by atoms with Crippen LogP contribution in [0.15, 0.2) is 24.3 Å². The van der Waals surface area contributed by atoms with Crippen LogP contribution in [0.2, 0.25) is 5.02 Å². The van der Waals surface area contributed by atoms with E-state index in [0.29, 0.717) is 56.9 Å². The van der Waals surface area contributed by atoms with E-state index in [0.717, 1.165) is 5.56 Å². The third-order valence-electron chi connectivity index (χ3n) is 6.21. The van der Waals surface area contributed by atoms with E-state index in [1.54, 1.807) is 12.1 Å². The standard InChI is InChI=1S/C21H27ClF3NO3/c1-15(16-2-4-17(22)5-3-16)26-11-10-19(14-18(27)21(23,24)25)6-8-20(9-7-19)28-12-13-29-20/h2-5,15,26H,6-14H2,1H3/t15-/m0/s1. The van der Waals surface area contributed by atoms with E-state index in [-0.39, 0.29) is 6.04 Å². The highest BCUT2D eigenvalue weighted by atomic mass is 35.5. The van der Waals surface area contributed by atoms with E-state index in [9.17, 15) is 18.0 Å². The van der Waals surface area contributed by atoms with E-state index in [1.165, 1.54) is 0 Å². The summed E-state index contributed by atoms with van der Waals surface area (Å²) in [6, 6.07) is 7.48. The smallest absolute Gasteiger partial charge is 0.348 e. The number of benzene rings is 1. The Bertz CT molecular complexity index is 692. The van der Waals surface area contributed by atoms with Crippen LogP contribution in [0.25, 0.3) is 0 Å². The number of carbonyl (C=O) groups is 1. The van der Waals surface area contributed by atoms with Gasteiger partial charge in [-0.2, -0.15) is 13.2 Å². The molecule has 29 heavy (non-hydrogen) atoms. The van der Waals surface area contributed by atoms with Gasteiger partial charge in [-0.1, -0.05) is 23.7 Å². The lowest BCUT2D eigenvalue weighted by atomic mass is 9.67. The van der Waals surface area contributed by atoms with Crippen molar-refractivity contribution in [3.05, 3.63) is 34.9 Å². The summed E-state index contributed by atoms with van der Waals surface area (Å²) >= 11 is 5.91. The molecular formula is C21H27ClF3NO3. The summed E-state index contributed by atoms with van der Waals surface area (Å²) in [5.41, 5.74) is 0.352. The van der Waals surface area contributed by atoms with Crippen LogP contribution in [-0.4, -0.2) is 37.5 Å². The minimum atomic E-state index is -4.80. The Morgan fingerprint density at radius 3 is 2.28 bits per heavy atom. The minimum absolute atomic E-state index is 0.0269. The lowest BCUT2D eigenvalue weighted by Crippen LogP contribution is -2.43. The van der Waals surface area contributed by atoms with Gasteiger partial charge in [0, 0.05) is 30.3 Å². The van der Waals surface area contributed by atoms with E-state index in [1.807, 2.05) is 19.1 Å². The van der Waals surface area contributed by atoms with Crippen molar-refractivity contribution in [2.24, 2.45) is 5.41 Å². The first-order valence-corrected chi connectivity index (χ1v) is 10.4. The third-order valence-corrected chi connectivity index (χ3v) is 6.47. The molecule has 0 bridgehead atoms. The maximum absolute atomic E-state index is 12.9. The second-order valence-corrected chi connectivity index (χ2v) is 8.62. The highest BCUT2D eigenvalue weighted by Crippen LogP contribution is 2.49. The predicted molar refractivity (Wildman–Crippen MR) is 104 cm³/mol. The van der Waals surface area contributed by atoms with Crippen molar-refractivity contribution >= 4 is 17.4 Å². The van der Waals surface area contributed by atoms with Crippen molar-refractivity contribution in [2.45, 2.75) is 63.5 Å². The van der Waals surface area contributed by atoms with Gasteiger partial charge in [0.25, 0.3) is 0 Å². The van der Waals surface area contributed by atoms with Gasteiger partial charge < -0.3 is 14.8 Å². The lowest BCUT2D eigenvalue weighted by Gasteiger charge is -2.44. The average molecular weight is 434 g/mol. The normalized spacial score (nSPS) is 22.0. The van der Waals surface area contributed by atoms with Gasteiger partial charge in [-0.15, -0.1) is 0 Å². The summed E-state index contributed by atoms with van der Waals surface area (Å²) in [6.07, 6.45) is -2.80. The molecule has 1 aromatic rings. The molecule has 1 N–H and O–H groups in total. The predicted octanol–water partition coefficient (Wildman–Crippen LogP) is 5.21. The molecule has 1 aliphatic carbocycles. The lowest BCUT2D eigenvalue weighted by molar-refractivity contribution is -0.197. The van der Waals surface area contributed by atoms with Crippen molar-refractivity contribution in [1.29, 1.82) is 0 Å². The zero-order valence-corrected chi connectivity index (χ0v) is 17.2. The van der Waals surface area contributed by atoms with Crippen molar-refractivity contribution < 1.29 is 27.4 Å². The molecule has 1 spiro atoms. The Kier molecular flexibility index (Phi) is 6.93. The molecule has 162 valence electrons. The quantitative estimate of drug-likeness (QED) is 0.641. The zero-order chi connectivity index (χ0) is 21.1. The molecule has 0 radical (unpaired) electrons. The Hall–Kier alpha value is -1.15. The van der Waals surface area contributed by atoms with Crippen LogP contribution >= 0.6 is 11.6 Å². The number of ketones is 1. The molecule has 4 nitrogen and oxygen atoms in total. The molecule has 1 saturated carbocycles. The van der Waals surface area contributed by atoms with Gasteiger partial charge in [-0.05, 0) is 55.8 Å². The van der Waals surface area contributed by atoms with Crippen LogP contribution in [-0.2, 0) is 14.3 Å². The molecule has 3 rings (SSSR count). The van der Waals surface area contributed by atoms with Gasteiger partial charge in [0.05, 0.1) is 13.2 Å². The van der Waals surface area contributed by atoms with Crippen LogP contribution in [0.3, 0.4) is 0 Å². The van der Waals surface area contributed by atoms with Crippen molar-refractivity contribution in [3.63, 3.8) is 0 Å². The Labute approximate surface area is 174 Å². The first-order chi connectivity index (χ1) is 13.6. The number of nitrogens with one attached hydrogen (secondary N) is 1. The van der Waals surface area contributed by atoms with Crippen molar-refractivity contribution in [2.75, 3.05) is 19.8 Å².